The van der Waals surface area contributed by atoms with Gasteiger partial charge in [-0.1, -0.05) is 13.8 Å². The van der Waals surface area contributed by atoms with E-state index >= 15 is 0 Å². The molecule has 1 aliphatic heterocycles. The largest absolute Gasteiger partial charge is 0.387 e. The Hall–Kier alpha value is -0.570. The molecule has 3 nitrogen and oxygen atoms in total. The second-order valence-corrected chi connectivity index (χ2v) is 3.57. The molecule has 1 fully saturated rings. The van der Waals surface area contributed by atoms with Crippen LogP contribution in [-0.4, -0.2) is 35.6 Å². The lowest BCUT2D eigenvalue weighted by Gasteiger charge is -2.45. The first-order valence-electron chi connectivity index (χ1n) is 3.44. The van der Waals surface area contributed by atoms with Crippen molar-refractivity contribution in [3.05, 3.63) is 0 Å². The number of carbonyl (C=O) groups is 1. The van der Waals surface area contributed by atoms with Crippen molar-refractivity contribution in [2.24, 2.45) is 5.41 Å². The lowest BCUT2D eigenvalue weighted by atomic mass is 9.84. The molecular weight excluding hydrogens is 130 g/mol. The van der Waals surface area contributed by atoms with E-state index < -0.39 is 0 Å². The predicted octanol–water partition coefficient (Wildman–Crippen LogP) is -0.153. The fourth-order valence-electron chi connectivity index (χ4n) is 1.26. The van der Waals surface area contributed by atoms with Crippen LogP contribution in [-0.2, 0) is 4.79 Å². The Labute approximate surface area is 60.6 Å². The van der Waals surface area contributed by atoms with Crippen LogP contribution in [0.1, 0.15) is 13.8 Å². The van der Waals surface area contributed by atoms with Crippen LogP contribution < -0.4 is 0 Å². The zero-order chi connectivity index (χ0) is 7.78. The molecule has 10 heavy (non-hydrogen) atoms. The van der Waals surface area contributed by atoms with Crippen LogP contribution >= 0.6 is 0 Å². The van der Waals surface area contributed by atoms with E-state index in [1.807, 2.05) is 0 Å². The van der Waals surface area contributed by atoms with Gasteiger partial charge in [0.1, 0.15) is 6.61 Å². The van der Waals surface area contributed by atoms with E-state index in [-0.39, 0.29) is 17.9 Å². The van der Waals surface area contributed by atoms with Gasteiger partial charge in [-0.3, -0.25) is 4.79 Å². The molecule has 0 aromatic carbocycles. The highest BCUT2D eigenvalue weighted by atomic mass is 16.3. The molecular formula is C7H13NO2. The van der Waals surface area contributed by atoms with Crippen molar-refractivity contribution < 1.29 is 9.90 Å². The van der Waals surface area contributed by atoms with Gasteiger partial charge in [-0.15, -0.1) is 0 Å². The highest BCUT2D eigenvalue weighted by molar-refractivity contribution is 5.78. The van der Waals surface area contributed by atoms with Crippen LogP contribution in [0, 0.1) is 5.41 Å². The van der Waals surface area contributed by atoms with Crippen molar-refractivity contribution in [1.29, 1.82) is 0 Å². The summed E-state index contributed by atoms with van der Waals surface area (Å²) < 4.78 is 0. The van der Waals surface area contributed by atoms with Crippen molar-refractivity contribution in [2.45, 2.75) is 13.8 Å². The summed E-state index contributed by atoms with van der Waals surface area (Å²) >= 11 is 0. The van der Waals surface area contributed by atoms with Gasteiger partial charge >= 0.3 is 0 Å². The molecule has 1 heterocycles. The third-order valence-corrected chi connectivity index (χ3v) is 1.73. The zero-order valence-corrected chi connectivity index (χ0v) is 6.42. The number of amides is 1. The Balaban J connectivity index is 2.33. The number of carbonyl (C=O) groups excluding carboxylic acids is 1. The lowest BCUT2D eigenvalue weighted by molar-refractivity contribution is -0.144. The average molecular weight is 143 g/mol. The standard InChI is InChI=1S/C7H13NO2/c1-7(2)4-8(5-7)6(10)3-9/h9H,3-5H2,1-2H3. The number of nitrogens with zero attached hydrogens (tertiary/aromatic N) is 1. The van der Waals surface area contributed by atoms with E-state index in [0.717, 1.165) is 13.1 Å². The van der Waals surface area contributed by atoms with Crippen molar-refractivity contribution in [2.75, 3.05) is 19.7 Å². The van der Waals surface area contributed by atoms with E-state index in [1.54, 1.807) is 4.90 Å². The van der Waals surface area contributed by atoms with Crippen molar-refractivity contribution in [1.82, 2.24) is 4.90 Å². The van der Waals surface area contributed by atoms with E-state index in [9.17, 15) is 4.79 Å². The monoisotopic (exact) mass is 143 g/mol. The molecule has 1 aliphatic rings. The summed E-state index contributed by atoms with van der Waals surface area (Å²) in [5, 5.41) is 8.45. The van der Waals surface area contributed by atoms with Crippen LogP contribution in [0.3, 0.4) is 0 Å². The minimum Gasteiger partial charge on any atom is -0.387 e. The van der Waals surface area contributed by atoms with Gasteiger partial charge in [0, 0.05) is 13.1 Å². The first-order valence-corrected chi connectivity index (χ1v) is 3.44. The van der Waals surface area contributed by atoms with Crippen LogP contribution in [0.4, 0.5) is 0 Å². The molecule has 0 aromatic heterocycles. The average Bonchev–Trinajstić information content (AvgIpc) is 1.81. The number of hydrogen-bond donors (Lipinski definition) is 1. The molecule has 1 rings (SSSR count). The maximum Gasteiger partial charge on any atom is 0.248 e. The Morgan fingerprint density at radius 3 is 2.40 bits per heavy atom. The van der Waals surface area contributed by atoms with Gasteiger partial charge in [0.2, 0.25) is 5.91 Å². The maximum absolute atomic E-state index is 10.8. The fourth-order valence-corrected chi connectivity index (χ4v) is 1.26. The summed E-state index contributed by atoms with van der Waals surface area (Å²) in [6, 6.07) is 0. The number of likely N-dealkylation sites (tertiary alicyclic amines) is 1. The zero-order valence-electron chi connectivity index (χ0n) is 6.42. The third-order valence-electron chi connectivity index (χ3n) is 1.73. The number of aliphatic hydroxyl groups is 1. The molecule has 1 saturated heterocycles. The summed E-state index contributed by atoms with van der Waals surface area (Å²) in [5.41, 5.74) is 0.269. The molecule has 0 aliphatic carbocycles. The van der Waals surface area contributed by atoms with E-state index in [2.05, 4.69) is 13.8 Å². The lowest BCUT2D eigenvalue weighted by Crippen LogP contribution is -2.56. The summed E-state index contributed by atoms with van der Waals surface area (Å²) in [4.78, 5) is 12.4. The second kappa shape index (κ2) is 2.23. The van der Waals surface area contributed by atoms with E-state index in [4.69, 9.17) is 5.11 Å². The van der Waals surface area contributed by atoms with Gasteiger partial charge in [0.15, 0.2) is 0 Å². The summed E-state index contributed by atoms with van der Waals surface area (Å²) in [7, 11) is 0. The Morgan fingerprint density at radius 2 is 2.10 bits per heavy atom. The minimum absolute atomic E-state index is 0.153. The number of hydrogen-bond acceptors (Lipinski definition) is 2. The van der Waals surface area contributed by atoms with Gasteiger partial charge in [0.25, 0.3) is 0 Å². The second-order valence-electron chi connectivity index (χ2n) is 3.57. The molecule has 0 unspecified atom stereocenters. The molecule has 0 saturated carbocycles. The molecule has 3 heteroatoms. The van der Waals surface area contributed by atoms with Crippen molar-refractivity contribution in [3.8, 4) is 0 Å². The van der Waals surface area contributed by atoms with Crippen molar-refractivity contribution >= 4 is 5.91 Å². The van der Waals surface area contributed by atoms with E-state index in [1.165, 1.54) is 0 Å². The highest BCUT2D eigenvalue weighted by Gasteiger charge is 2.36. The van der Waals surface area contributed by atoms with Gasteiger partial charge in [-0.25, -0.2) is 0 Å². The van der Waals surface area contributed by atoms with Crippen LogP contribution in [0.2, 0.25) is 0 Å². The Bertz CT molecular complexity index is 146. The minimum atomic E-state index is -0.351. The summed E-state index contributed by atoms with van der Waals surface area (Å²) in [5.74, 6) is -0.153. The fraction of sp³-hybridized carbons (Fsp3) is 0.857. The van der Waals surface area contributed by atoms with Gasteiger partial charge in [-0.05, 0) is 5.41 Å². The van der Waals surface area contributed by atoms with E-state index in [0.29, 0.717) is 0 Å². The maximum atomic E-state index is 10.8. The third kappa shape index (κ3) is 1.29. The highest BCUT2D eigenvalue weighted by Crippen LogP contribution is 2.28. The Morgan fingerprint density at radius 1 is 1.60 bits per heavy atom. The smallest absolute Gasteiger partial charge is 0.248 e. The normalized spacial score (nSPS) is 22.1. The molecule has 0 spiro atoms. The Kier molecular flexibility index (Phi) is 1.68. The van der Waals surface area contributed by atoms with Gasteiger partial charge in [0.05, 0.1) is 0 Å². The molecule has 0 aromatic rings. The molecule has 58 valence electrons. The van der Waals surface area contributed by atoms with Crippen LogP contribution in [0.5, 0.6) is 0 Å². The summed E-state index contributed by atoms with van der Waals surface area (Å²) in [6.07, 6.45) is 0. The number of aliphatic hydroxyl groups excluding tert-OH is 1. The molecule has 1 amide bonds. The number of rotatable bonds is 1. The topological polar surface area (TPSA) is 40.5 Å². The van der Waals surface area contributed by atoms with Crippen LogP contribution in [0.25, 0.3) is 0 Å². The SMILES string of the molecule is CC1(C)CN(C(=O)CO)C1. The summed E-state index contributed by atoms with van der Waals surface area (Å²) in [6.45, 7) is 5.43. The first-order chi connectivity index (χ1) is 4.55. The van der Waals surface area contributed by atoms with Crippen molar-refractivity contribution in [3.63, 3.8) is 0 Å². The van der Waals surface area contributed by atoms with Crippen LogP contribution in [0.15, 0.2) is 0 Å². The molecule has 1 N–H and O–H groups in total. The predicted molar refractivity (Wildman–Crippen MR) is 37.4 cm³/mol. The first kappa shape index (κ1) is 7.54. The molecule has 0 atom stereocenters. The van der Waals surface area contributed by atoms with Gasteiger partial charge < -0.3 is 10.0 Å². The molecule has 0 bridgehead atoms. The quantitative estimate of drug-likeness (QED) is 0.554. The molecule has 0 radical (unpaired) electrons. The van der Waals surface area contributed by atoms with Gasteiger partial charge in [-0.2, -0.15) is 0 Å².